The lowest BCUT2D eigenvalue weighted by atomic mass is 9.67. The summed E-state index contributed by atoms with van der Waals surface area (Å²) in [6, 6.07) is 88.2. The maximum absolute atomic E-state index is 2.51. The molecule has 10 aromatic carbocycles. The van der Waals surface area contributed by atoms with Gasteiger partial charge in [0.1, 0.15) is 0 Å². The zero-order valence-electron chi connectivity index (χ0n) is 36.9. The highest BCUT2D eigenvalue weighted by atomic mass is 32.1. The molecule has 1 aromatic heterocycles. The summed E-state index contributed by atoms with van der Waals surface area (Å²) in [5.41, 5.74) is 20.8. The average molecular weight is 860 g/mol. The van der Waals surface area contributed by atoms with Gasteiger partial charge >= 0.3 is 0 Å². The molecular weight excluding hydrogens is 815 g/mol. The number of benzene rings is 10. The minimum Gasteiger partial charge on any atom is -0.309 e. The van der Waals surface area contributed by atoms with Crippen molar-refractivity contribution in [1.29, 1.82) is 0 Å². The molecule has 0 bridgehead atoms. The molecule has 2 aliphatic rings. The fraction of sp³-hybridized carbons (Fsp3) is 0.0625. The van der Waals surface area contributed by atoms with E-state index in [1.807, 2.05) is 11.3 Å². The van der Waals surface area contributed by atoms with Crippen LogP contribution in [0.4, 0.5) is 17.1 Å². The molecule has 0 saturated carbocycles. The van der Waals surface area contributed by atoms with Gasteiger partial charge in [0.25, 0.3) is 0 Å². The van der Waals surface area contributed by atoms with Crippen LogP contribution >= 0.6 is 11.3 Å². The minimum atomic E-state index is -0.422. The van der Waals surface area contributed by atoms with Crippen LogP contribution in [0, 0.1) is 0 Å². The number of rotatable bonds is 7. The molecule has 2 aliphatic carbocycles. The third kappa shape index (κ3) is 5.65. The summed E-state index contributed by atoms with van der Waals surface area (Å²) < 4.78 is 2.63. The van der Waals surface area contributed by atoms with Crippen molar-refractivity contribution in [3.05, 3.63) is 270 Å². The van der Waals surface area contributed by atoms with Crippen molar-refractivity contribution >= 4 is 48.6 Å². The van der Waals surface area contributed by atoms with Gasteiger partial charge in [-0.25, -0.2) is 0 Å². The number of hydrogen-bond donors (Lipinski definition) is 0. The lowest BCUT2D eigenvalue weighted by molar-refractivity contribution is 0.660. The number of fused-ring (bicyclic) bond motifs is 9. The van der Waals surface area contributed by atoms with Crippen LogP contribution in [0.1, 0.15) is 47.2 Å². The molecule has 13 rings (SSSR count). The van der Waals surface area contributed by atoms with Crippen LogP contribution in [-0.2, 0) is 10.8 Å². The van der Waals surface area contributed by atoms with E-state index in [1.54, 1.807) is 0 Å². The highest BCUT2D eigenvalue weighted by Gasteiger charge is 2.46. The van der Waals surface area contributed by atoms with E-state index in [2.05, 4.69) is 255 Å². The monoisotopic (exact) mass is 859 g/mol. The lowest BCUT2D eigenvalue weighted by Crippen LogP contribution is -2.28. The number of nitrogens with zero attached hydrogens (tertiary/aromatic N) is 1. The molecule has 0 spiro atoms. The Morgan fingerprint density at radius 1 is 0.348 bits per heavy atom. The summed E-state index contributed by atoms with van der Waals surface area (Å²) in [6.07, 6.45) is 0. The first-order valence-electron chi connectivity index (χ1n) is 23.0. The molecule has 1 heterocycles. The van der Waals surface area contributed by atoms with Gasteiger partial charge in [-0.1, -0.05) is 202 Å². The Balaban J connectivity index is 0.980. The van der Waals surface area contributed by atoms with Crippen molar-refractivity contribution in [2.45, 2.75) is 24.7 Å². The number of para-hydroxylation sites is 1. The summed E-state index contributed by atoms with van der Waals surface area (Å²) in [7, 11) is 0. The third-order valence-electron chi connectivity index (χ3n) is 14.6. The SMILES string of the molecule is CC1(C)c2ccccc2-c2c(N(c3ccc(-c4ccc5c(c4)-c4ccccc4C5(c4ccccc4)c4ccccc4)cc3)c3ccccc3-c3ccc4sc5ccccc5c4c3)cccc21. The molecule has 312 valence electrons. The first-order chi connectivity index (χ1) is 32.5. The van der Waals surface area contributed by atoms with Crippen LogP contribution in [-0.4, -0.2) is 0 Å². The first-order valence-corrected chi connectivity index (χ1v) is 23.8. The molecule has 0 saturated heterocycles. The van der Waals surface area contributed by atoms with Crippen molar-refractivity contribution in [3.63, 3.8) is 0 Å². The Bertz CT molecular complexity index is 3630. The van der Waals surface area contributed by atoms with Crippen molar-refractivity contribution < 1.29 is 0 Å². The Morgan fingerprint density at radius 3 is 1.68 bits per heavy atom. The van der Waals surface area contributed by atoms with Crippen molar-refractivity contribution in [3.8, 4) is 44.5 Å². The number of hydrogen-bond acceptors (Lipinski definition) is 2. The topological polar surface area (TPSA) is 3.24 Å². The van der Waals surface area contributed by atoms with Crippen LogP contribution in [0.15, 0.2) is 237 Å². The maximum atomic E-state index is 2.51. The van der Waals surface area contributed by atoms with Crippen molar-refractivity contribution in [2.24, 2.45) is 0 Å². The quantitative estimate of drug-likeness (QED) is 0.154. The van der Waals surface area contributed by atoms with Gasteiger partial charge in [0, 0.05) is 42.4 Å². The zero-order valence-corrected chi connectivity index (χ0v) is 37.7. The van der Waals surface area contributed by atoms with E-state index in [-0.39, 0.29) is 5.41 Å². The summed E-state index contributed by atoms with van der Waals surface area (Å²) in [5, 5.41) is 2.61. The van der Waals surface area contributed by atoms with Crippen molar-refractivity contribution in [1.82, 2.24) is 0 Å². The third-order valence-corrected chi connectivity index (χ3v) is 15.7. The predicted octanol–water partition coefficient (Wildman–Crippen LogP) is 17.5. The van der Waals surface area contributed by atoms with Gasteiger partial charge in [-0.2, -0.15) is 0 Å². The van der Waals surface area contributed by atoms with Gasteiger partial charge in [-0.15, -0.1) is 11.3 Å². The van der Waals surface area contributed by atoms with E-state index in [0.717, 1.165) is 11.4 Å². The molecule has 0 amide bonds. The minimum absolute atomic E-state index is 0.132. The van der Waals surface area contributed by atoms with E-state index in [0.29, 0.717) is 0 Å². The average Bonchev–Trinajstić information content (AvgIpc) is 3.98. The second kappa shape index (κ2) is 14.9. The largest absolute Gasteiger partial charge is 0.309 e. The molecule has 0 atom stereocenters. The first kappa shape index (κ1) is 38.7. The van der Waals surface area contributed by atoms with E-state index in [9.17, 15) is 0 Å². The van der Waals surface area contributed by atoms with E-state index < -0.39 is 5.41 Å². The Morgan fingerprint density at radius 2 is 0.909 bits per heavy atom. The highest BCUT2D eigenvalue weighted by molar-refractivity contribution is 7.25. The van der Waals surface area contributed by atoms with E-state index in [1.165, 1.54) is 104 Å². The van der Waals surface area contributed by atoms with Crippen LogP contribution < -0.4 is 4.90 Å². The lowest BCUT2D eigenvalue weighted by Gasteiger charge is -2.33. The van der Waals surface area contributed by atoms with Gasteiger partial charge in [0.05, 0.1) is 16.8 Å². The molecule has 1 nitrogen and oxygen atoms in total. The van der Waals surface area contributed by atoms with Crippen molar-refractivity contribution in [2.75, 3.05) is 4.90 Å². The molecular formula is C64H45NS. The Kier molecular flexibility index (Phi) is 8.72. The fourth-order valence-electron chi connectivity index (χ4n) is 11.6. The molecule has 0 aliphatic heterocycles. The molecule has 0 unspecified atom stereocenters. The summed E-state index contributed by atoms with van der Waals surface area (Å²) in [5.74, 6) is 0. The van der Waals surface area contributed by atoms with Gasteiger partial charge < -0.3 is 4.90 Å². The molecule has 0 fully saturated rings. The smallest absolute Gasteiger partial charge is 0.0713 e. The number of thiophene rings is 1. The van der Waals surface area contributed by atoms with Crippen LogP contribution in [0.25, 0.3) is 64.7 Å². The highest BCUT2D eigenvalue weighted by Crippen LogP contribution is 2.58. The van der Waals surface area contributed by atoms with Gasteiger partial charge in [-0.3, -0.25) is 0 Å². The molecule has 0 N–H and O–H groups in total. The summed E-state index contributed by atoms with van der Waals surface area (Å²) in [4.78, 5) is 2.51. The Labute approximate surface area is 390 Å². The second-order valence-electron chi connectivity index (χ2n) is 18.4. The normalized spacial score (nSPS) is 13.8. The van der Waals surface area contributed by atoms with E-state index >= 15 is 0 Å². The number of anilines is 3. The summed E-state index contributed by atoms with van der Waals surface area (Å²) >= 11 is 1.87. The summed E-state index contributed by atoms with van der Waals surface area (Å²) in [6.45, 7) is 4.74. The van der Waals surface area contributed by atoms with Gasteiger partial charge in [0.15, 0.2) is 0 Å². The van der Waals surface area contributed by atoms with Gasteiger partial charge in [-0.05, 0) is 115 Å². The predicted molar refractivity (Wildman–Crippen MR) is 280 cm³/mol. The van der Waals surface area contributed by atoms with Gasteiger partial charge in [0.2, 0.25) is 0 Å². The van der Waals surface area contributed by atoms with Crippen LogP contribution in [0.3, 0.4) is 0 Å². The van der Waals surface area contributed by atoms with Crippen LogP contribution in [0.2, 0.25) is 0 Å². The Hall–Kier alpha value is -7.78. The van der Waals surface area contributed by atoms with Crippen LogP contribution in [0.5, 0.6) is 0 Å². The molecule has 11 aromatic rings. The zero-order chi connectivity index (χ0) is 44.0. The standard InChI is InChI=1S/C64H45NS/c1-63(2)54-26-13-10-25-51(54)62-57(63)28-17-30-59(62)65(58-29-15-11-22-48(58)44-35-39-61-53(41-44)50-24-12-16-31-60(50)66-61)47-36-32-42(33-37-47)43-34-38-56-52(40-43)49-23-9-14-27-55(49)64(56,45-18-5-3-6-19-45)46-20-7-4-8-21-46/h3-41H,1-2H3. The molecule has 0 radical (unpaired) electrons. The second-order valence-corrected chi connectivity index (χ2v) is 19.5. The van der Waals surface area contributed by atoms with E-state index in [4.69, 9.17) is 0 Å². The molecule has 66 heavy (non-hydrogen) atoms. The fourth-order valence-corrected chi connectivity index (χ4v) is 12.7. The molecule has 2 heteroatoms. The maximum Gasteiger partial charge on any atom is 0.0713 e.